The Morgan fingerprint density at radius 3 is 1.85 bits per heavy atom. The molecule has 0 bridgehead atoms. The molecule has 0 aliphatic carbocycles. The average molecular weight is 397 g/mol. The minimum atomic E-state index is 0.475. The number of halogens is 2. The molecule has 0 atom stereocenters. The molecule has 3 aromatic carbocycles. The molecule has 0 amide bonds. The first kappa shape index (κ1) is 19.2. The van der Waals surface area contributed by atoms with Crippen LogP contribution in [-0.4, -0.2) is 10.2 Å². The van der Waals surface area contributed by atoms with E-state index in [-0.39, 0.29) is 0 Å². The molecule has 27 heavy (non-hydrogen) atoms. The van der Waals surface area contributed by atoms with Crippen molar-refractivity contribution >= 4 is 23.2 Å². The highest BCUT2D eigenvalue weighted by molar-refractivity contribution is 6.35. The van der Waals surface area contributed by atoms with Crippen molar-refractivity contribution in [2.24, 2.45) is 0 Å². The standard InChI is InChI=1S/C20H12Cl2N2O.C2H6/c21-16-10-11-18(22)17(12-16)13-6-8-15(9-7-13)20-24-23-19(25-20)14-4-2-1-3-5-14;1-2/h1-12H;1-2H3. The van der Waals surface area contributed by atoms with Crippen LogP contribution in [-0.2, 0) is 0 Å². The molecular weight excluding hydrogens is 379 g/mol. The molecule has 0 saturated carbocycles. The third-order valence-corrected chi connectivity index (χ3v) is 4.38. The van der Waals surface area contributed by atoms with E-state index in [0.29, 0.717) is 21.8 Å². The van der Waals surface area contributed by atoms with Crippen LogP contribution in [0.5, 0.6) is 0 Å². The molecule has 4 rings (SSSR count). The fraction of sp³-hybridized carbons (Fsp3) is 0.0909. The second-order valence-electron chi connectivity index (χ2n) is 5.48. The third-order valence-electron chi connectivity index (χ3n) is 3.82. The Kier molecular flexibility index (Phi) is 6.28. The second kappa shape index (κ2) is 8.85. The Labute approximate surface area is 168 Å². The summed E-state index contributed by atoms with van der Waals surface area (Å²) in [6, 6.07) is 22.8. The molecule has 1 aromatic heterocycles. The zero-order valence-electron chi connectivity index (χ0n) is 15.0. The monoisotopic (exact) mass is 396 g/mol. The zero-order chi connectivity index (χ0) is 19.2. The minimum absolute atomic E-state index is 0.475. The second-order valence-corrected chi connectivity index (χ2v) is 6.32. The molecule has 5 heteroatoms. The van der Waals surface area contributed by atoms with Gasteiger partial charge in [0, 0.05) is 26.7 Å². The summed E-state index contributed by atoms with van der Waals surface area (Å²) in [6.45, 7) is 4.00. The Morgan fingerprint density at radius 1 is 0.667 bits per heavy atom. The Balaban J connectivity index is 0.00000102. The van der Waals surface area contributed by atoms with E-state index < -0.39 is 0 Å². The summed E-state index contributed by atoms with van der Waals surface area (Å²) in [6.07, 6.45) is 0. The molecule has 0 radical (unpaired) electrons. The predicted molar refractivity (Wildman–Crippen MR) is 112 cm³/mol. The summed E-state index contributed by atoms with van der Waals surface area (Å²) >= 11 is 12.3. The molecule has 0 spiro atoms. The minimum Gasteiger partial charge on any atom is -0.416 e. The van der Waals surface area contributed by atoms with Gasteiger partial charge in [-0.15, -0.1) is 10.2 Å². The van der Waals surface area contributed by atoms with E-state index >= 15 is 0 Å². The summed E-state index contributed by atoms with van der Waals surface area (Å²) in [5.74, 6) is 0.972. The molecule has 0 aliphatic rings. The summed E-state index contributed by atoms with van der Waals surface area (Å²) in [4.78, 5) is 0. The van der Waals surface area contributed by atoms with Crippen molar-refractivity contribution in [3.8, 4) is 34.0 Å². The topological polar surface area (TPSA) is 38.9 Å². The summed E-state index contributed by atoms with van der Waals surface area (Å²) in [7, 11) is 0. The van der Waals surface area contributed by atoms with Crippen LogP contribution >= 0.6 is 23.2 Å². The molecule has 1 heterocycles. The molecule has 0 fully saturated rings. The molecular formula is C22H18Cl2N2O. The van der Waals surface area contributed by atoms with Gasteiger partial charge in [0.25, 0.3) is 0 Å². The van der Waals surface area contributed by atoms with Gasteiger partial charge in [-0.2, -0.15) is 0 Å². The molecule has 0 N–H and O–H groups in total. The summed E-state index contributed by atoms with van der Waals surface area (Å²) in [5.41, 5.74) is 3.59. The van der Waals surface area contributed by atoms with Crippen molar-refractivity contribution in [2.45, 2.75) is 13.8 Å². The van der Waals surface area contributed by atoms with Crippen LogP contribution in [0.3, 0.4) is 0 Å². The highest BCUT2D eigenvalue weighted by Crippen LogP contribution is 2.32. The number of rotatable bonds is 3. The molecule has 136 valence electrons. The van der Waals surface area contributed by atoms with Crippen molar-refractivity contribution in [3.63, 3.8) is 0 Å². The van der Waals surface area contributed by atoms with Gasteiger partial charge >= 0.3 is 0 Å². The normalized spacial score (nSPS) is 10.2. The molecule has 3 nitrogen and oxygen atoms in total. The van der Waals surface area contributed by atoms with E-state index in [4.69, 9.17) is 27.6 Å². The lowest BCUT2D eigenvalue weighted by molar-refractivity contribution is 0.584. The molecule has 0 saturated heterocycles. The highest BCUT2D eigenvalue weighted by atomic mass is 35.5. The first-order valence-corrected chi connectivity index (χ1v) is 9.41. The first-order valence-electron chi connectivity index (χ1n) is 8.65. The summed E-state index contributed by atoms with van der Waals surface area (Å²) < 4.78 is 5.77. The lowest BCUT2D eigenvalue weighted by Crippen LogP contribution is -1.82. The zero-order valence-corrected chi connectivity index (χ0v) is 16.5. The lowest BCUT2D eigenvalue weighted by Gasteiger charge is -2.05. The molecule has 4 aromatic rings. The van der Waals surface area contributed by atoms with E-state index in [1.807, 2.05) is 74.5 Å². The van der Waals surface area contributed by atoms with Crippen molar-refractivity contribution in [3.05, 3.63) is 82.8 Å². The predicted octanol–water partition coefficient (Wildman–Crippen LogP) is 7.40. The maximum atomic E-state index is 6.26. The largest absolute Gasteiger partial charge is 0.416 e. The van der Waals surface area contributed by atoms with Gasteiger partial charge in [-0.05, 0) is 48.0 Å². The maximum absolute atomic E-state index is 6.26. The van der Waals surface area contributed by atoms with Gasteiger partial charge in [0.1, 0.15) is 0 Å². The van der Waals surface area contributed by atoms with Gasteiger partial charge in [-0.3, -0.25) is 0 Å². The van der Waals surface area contributed by atoms with Gasteiger partial charge in [0.05, 0.1) is 0 Å². The van der Waals surface area contributed by atoms with E-state index in [2.05, 4.69) is 10.2 Å². The Bertz CT molecular complexity index is 1010. The van der Waals surface area contributed by atoms with Crippen LogP contribution in [0.15, 0.2) is 77.2 Å². The van der Waals surface area contributed by atoms with Gasteiger partial charge in [-0.1, -0.05) is 67.4 Å². The van der Waals surface area contributed by atoms with Gasteiger partial charge < -0.3 is 4.42 Å². The van der Waals surface area contributed by atoms with Crippen LogP contribution < -0.4 is 0 Å². The van der Waals surface area contributed by atoms with Gasteiger partial charge in [0.2, 0.25) is 11.8 Å². The maximum Gasteiger partial charge on any atom is 0.248 e. The fourth-order valence-electron chi connectivity index (χ4n) is 2.55. The van der Waals surface area contributed by atoms with E-state index in [1.54, 1.807) is 12.1 Å². The van der Waals surface area contributed by atoms with Crippen LogP contribution in [0.4, 0.5) is 0 Å². The lowest BCUT2D eigenvalue weighted by atomic mass is 10.0. The summed E-state index contributed by atoms with van der Waals surface area (Å²) in [5, 5.41) is 9.55. The van der Waals surface area contributed by atoms with Crippen LogP contribution in [0.2, 0.25) is 10.0 Å². The first-order chi connectivity index (χ1) is 13.2. The fourth-order valence-corrected chi connectivity index (χ4v) is 2.95. The van der Waals surface area contributed by atoms with E-state index in [0.717, 1.165) is 22.3 Å². The number of hydrogen-bond acceptors (Lipinski definition) is 3. The number of benzene rings is 3. The van der Waals surface area contributed by atoms with E-state index in [1.165, 1.54) is 0 Å². The number of nitrogens with zero attached hydrogens (tertiary/aromatic N) is 2. The van der Waals surface area contributed by atoms with Crippen molar-refractivity contribution < 1.29 is 4.42 Å². The SMILES string of the molecule is CC.Clc1ccc(Cl)c(-c2ccc(-c3nnc(-c4ccccc4)o3)cc2)c1. The van der Waals surface area contributed by atoms with Gasteiger partial charge in [-0.25, -0.2) is 0 Å². The van der Waals surface area contributed by atoms with Crippen LogP contribution in [0.25, 0.3) is 34.0 Å². The Morgan fingerprint density at radius 2 is 1.22 bits per heavy atom. The highest BCUT2D eigenvalue weighted by Gasteiger charge is 2.11. The van der Waals surface area contributed by atoms with Crippen molar-refractivity contribution in [1.29, 1.82) is 0 Å². The number of aromatic nitrogens is 2. The molecule has 0 aliphatic heterocycles. The van der Waals surface area contributed by atoms with Gasteiger partial charge in [0.15, 0.2) is 0 Å². The van der Waals surface area contributed by atoms with E-state index in [9.17, 15) is 0 Å². The molecule has 0 unspecified atom stereocenters. The van der Waals surface area contributed by atoms with Crippen molar-refractivity contribution in [1.82, 2.24) is 10.2 Å². The quantitative estimate of drug-likeness (QED) is 0.361. The number of hydrogen-bond donors (Lipinski definition) is 0. The average Bonchev–Trinajstić information content (AvgIpc) is 3.22. The smallest absolute Gasteiger partial charge is 0.248 e. The van der Waals surface area contributed by atoms with Crippen molar-refractivity contribution in [2.75, 3.05) is 0 Å². The third kappa shape index (κ3) is 4.38. The Hall–Kier alpha value is -2.62. The van der Waals surface area contributed by atoms with Crippen LogP contribution in [0.1, 0.15) is 13.8 Å². The van der Waals surface area contributed by atoms with Crippen LogP contribution in [0, 0.1) is 0 Å².